The molecule has 0 saturated carbocycles. The van der Waals surface area contributed by atoms with E-state index in [4.69, 9.17) is 0 Å². The van der Waals surface area contributed by atoms with Gasteiger partial charge in [0, 0.05) is 17.3 Å². The van der Waals surface area contributed by atoms with Crippen molar-refractivity contribution in [2.24, 2.45) is 15.4 Å². The van der Waals surface area contributed by atoms with Crippen LogP contribution in [0.3, 0.4) is 0 Å². The van der Waals surface area contributed by atoms with Crippen molar-refractivity contribution in [1.29, 1.82) is 0 Å². The molecule has 13 heavy (non-hydrogen) atoms. The molecule has 0 aliphatic carbocycles. The quantitative estimate of drug-likeness (QED) is 0.458. The predicted molar refractivity (Wildman–Crippen MR) is 60.4 cm³/mol. The van der Waals surface area contributed by atoms with Crippen LogP contribution in [0.5, 0.6) is 0 Å². The molecule has 0 bridgehead atoms. The molecule has 0 aromatic carbocycles. The average Bonchev–Trinajstić information content (AvgIpc) is 1.98. The molecule has 2 nitrogen and oxygen atoms in total. The summed E-state index contributed by atoms with van der Waals surface area (Å²) in [6, 6.07) is 0. The fourth-order valence-electron chi connectivity index (χ4n) is 0.855. The van der Waals surface area contributed by atoms with E-state index in [1.54, 1.807) is 6.08 Å². The summed E-state index contributed by atoms with van der Waals surface area (Å²) in [5.41, 5.74) is 0.954. The van der Waals surface area contributed by atoms with E-state index in [0.29, 0.717) is 5.84 Å². The smallest absolute Gasteiger partial charge is 0.125 e. The van der Waals surface area contributed by atoms with Gasteiger partial charge in [0.05, 0.1) is 0 Å². The predicted octanol–water partition coefficient (Wildman–Crippen LogP) is 3.22. The molecule has 0 fully saturated rings. The first kappa shape index (κ1) is 11.8. The Morgan fingerprint density at radius 3 is 2.08 bits per heavy atom. The van der Waals surface area contributed by atoms with E-state index in [9.17, 15) is 0 Å². The Hall–Kier alpha value is -1.18. The first-order valence-corrected chi connectivity index (χ1v) is 4.28. The Labute approximate surface area is 80.8 Å². The molecule has 2 heteroatoms. The highest BCUT2D eigenvalue weighted by Crippen LogP contribution is 2.16. The van der Waals surface area contributed by atoms with Crippen molar-refractivity contribution < 1.29 is 0 Å². The zero-order valence-corrected chi connectivity index (χ0v) is 8.96. The minimum Gasteiger partial charge on any atom is -0.242 e. The second-order valence-electron chi connectivity index (χ2n) is 3.81. The van der Waals surface area contributed by atoms with Crippen LogP contribution in [-0.4, -0.2) is 11.5 Å². The number of aliphatic imine (C=N–C) groups is 2. The van der Waals surface area contributed by atoms with Gasteiger partial charge < -0.3 is 0 Å². The van der Waals surface area contributed by atoms with Gasteiger partial charge in [0.15, 0.2) is 0 Å². The van der Waals surface area contributed by atoms with Gasteiger partial charge in [-0.25, -0.2) is 9.98 Å². The highest BCUT2D eigenvalue weighted by atomic mass is 14.9. The molecule has 0 aliphatic rings. The summed E-state index contributed by atoms with van der Waals surface area (Å²) in [5, 5.41) is 0. The summed E-state index contributed by atoms with van der Waals surface area (Å²) in [6.45, 7) is 15.4. The zero-order chi connectivity index (χ0) is 10.5. The van der Waals surface area contributed by atoms with Gasteiger partial charge in [0.2, 0.25) is 0 Å². The second kappa shape index (κ2) is 4.75. The fraction of sp³-hybridized carbons (Fsp3) is 0.455. The number of hydrogen-bond donors (Lipinski definition) is 0. The maximum Gasteiger partial charge on any atom is 0.125 e. The summed E-state index contributed by atoms with van der Waals surface area (Å²) in [7, 11) is 0. The Balaban J connectivity index is 4.88. The van der Waals surface area contributed by atoms with Crippen molar-refractivity contribution in [3.63, 3.8) is 0 Å². The van der Waals surface area contributed by atoms with Crippen molar-refractivity contribution in [3.8, 4) is 0 Å². The SMILES string of the molecule is C=C/N=C(C)\N=C(/C=C)C(C)(C)C. The van der Waals surface area contributed by atoms with E-state index in [1.165, 1.54) is 6.20 Å². The largest absolute Gasteiger partial charge is 0.242 e. The topological polar surface area (TPSA) is 24.7 Å². The van der Waals surface area contributed by atoms with Crippen LogP contribution in [0.25, 0.3) is 0 Å². The van der Waals surface area contributed by atoms with Crippen LogP contribution in [0.15, 0.2) is 35.4 Å². The van der Waals surface area contributed by atoms with Crippen molar-refractivity contribution in [2.45, 2.75) is 27.7 Å². The van der Waals surface area contributed by atoms with E-state index < -0.39 is 0 Å². The van der Waals surface area contributed by atoms with Crippen molar-refractivity contribution in [1.82, 2.24) is 0 Å². The number of nitrogens with zero attached hydrogens (tertiary/aromatic N) is 2. The van der Waals surface area contributed by atoms with Gasteiger partial charge in [-0.05, 0) is 13.0 Å². The number of amidine groups is 1. The van der Waals surface area contributed by atoms with Gasteiger partial charge >= 0.3 is 0 Å². The van der Waals surface area contributed by atoms with Crippen LogP contribution >= 0.6 is 0 Å². The summed E-state index contributed by atoms with van der Waals surface area (Å²) in [4.78, 5) is 8.30. The lowest BCUT2D eigenvalue weighted by Gasteiger charge is -2.18. The Bertz CT molecular complexity index is 252. The van der Waals surface area contributed by atoms with Crippen molar-refractivity contribution in [2.75, 3.05) is 0 Å². The number of hydrogen-bond acceptors (Lipinski definition) is 1. The lowest BCUT2D eigenvalue weighted by atomic mass is 9.90. The Kier molecular flexibility index (Phi) is 4.32. The average molecular weight is 178 g/mol. The highest BCUT2D eigenvalue weighted by Gasteiger charge is 2.15. The third-order valence-corrected chi connectivity index (χ3v) is 1.52. The van der Waals surface area contributed by atoms with Crippen LogP contribution in [0.2, 0.25) is 0 Å². The monoisotopic (exact) mass is 178 g/mol. The van der Waals surface area contributed by atoms with E-state index >= 15 is 0 Å². The van der Waals surface area contributed by atoms with Gasteiger partial charge in [-0.15, -0.1) is 0 Å². The first-order chi connectivity index (χ1) is 5.91. The van der Waals surface area contributed by atoms with Crippen LogP contribution in [0, 0.1) is 5.41 Å². The molecule has 0 N–H and O–H groups in total. The lowest BCUT2D eigenvalue weighted by molar-refractivity contribution is 0.595. The fourth-order valence-corrected chi connectivity index (χ4v) is 0.855. The minimum absolute atomic E-state index is 0.0136. The molecule has 0 amide bonds. The molecule has 0 unspecified atom stereocenters. The molecule has 0 rings (SSSR count). The van der Waals surface area contributed by atoms with Crippen molar-refractivity contribution in [3.05, 3.63) is 25.4 Å². The molecular weight excluding hydrogens is 160 g/mol. The second-order valence-corrected chi connectivity index (χ2v) is 3.81. The van der Waals surface area contributed by atoms with Crippen LogP contribution in [0.1, 0.15) is 27.7 Å². The molecule has 0 atom stereocenters. The van der Waals surface area contributed by atoms with Crippen LogP contribution < -0.4 is 0 Å². The molecule has 0 aliphatic heterocycles. The molecular formula is C11H18N2. The van der Waals surface area contributed by atoms with Gasteiger partial charge in [-0.1, -0.05) is 33.9 Å². The maximum atomic E-state index is 4.33. The normalized spacial score (nSPS) is 14.2. The third kappa shape index (κ3) is 4.41. The summed E-state index contributed by atoms with van der Waals surface area (Å²) < 4.78 is 0. The van der Waals surface area contributed by atoms with E-state index in [-0.39, 0.29) is 5.41 Å². The van der Waals surface area contributed by atoms with Gasteiger partial charge in [-0.3, -0.25) is 0 Å². The van der Waals surface area contributed by atoms with Gasteiger partial charge in [-0.2, -0.15) is 0 Å². The first-order valence-electron chi connectivity index (χ1n) is 4.28. The third-order valence-electron chi connectivity index (χ3n) is 1.52. The molecule has 0 aromatic heterocycles. The summed E-state index contributed by atoms with van der Waals surface area (Å²) in [6.07, 6.45) is 3.25. The maximum absolute atomic E-state index is 4.33. The summed E-state index contributed by atoms with van der Waals surface area (Å²) in [5.74, 6) is 0.708. The van der Waals surface area contributed by atoms with E-state index in [0.717, 1.165) is 5.71 Å². The van der Waals surface area contributed by atoms with E-state index in [2.05, 4.69) is 43.9 Å². The zero-order valence-electron chi connectivity index (χ0n) is 8.96. The molecule has 0 aromatic rings. The van der Waals surface area contributed by atoms with Gasteiger partial charge in [0.25, 0.3) is 0 Å². The van der Waals surface area contributed by atoms with Crippen LogP contribution in [0.4, 0.5) is 0 Å². The molecule has 0 heterocycles. The van der Waals surface area contributed by atoms with Gasteiger partial charge in [0.1, 0.15) is 5.84 Å². The van der Waals surface area contributed by atoms with Crippen LogP contribution in [-0.2, 0) is 0 Å². The molecule has 0 radical (unpaired) electrons. The Morgan fingerprint density at radius 1 is 1.23 bits per heavy atom. The molecule has 0 saturated heterocycles. The highest BCUT2D eigenvalue weighted by molar-refractivity contribution is 6.05. The molecule has 0 spiro atoms. The summed E-state index contributed by atoms with van der Waals surface area (Å²) >= 11 is 0. The van der Waals surface area contributed by atoms with E-state index in [1.807, 2.05) is 6.92 Å². The Morgan fingerprint density at radius 2 is 1.77 bits per heavy atom. The number of rotatable bonds is 2. The molecule has 72 valence electrons. The lowest BCUT2D eigenvalue weighted by Crippen LogP contribution is -2.18. The van der Waals surface area contributed by atoms with Crippen molar-refractivity contribution >= 4 is 11.5 Å². The minimum atomic E-state index is 0.0136. The standard InChI is InChI=1S/C11H18N2/c1-7-10(11(4,5)6)13-9(3)12-8-2/h7-8H,1-2H2,3-6H3/b12-9-,13-10+. The number of allylic oxidation sites excluding steroid dienone is 1.